The summed E-state index contributed by atoms with van der Waals surface area (Å²) in [7, 11) is 1.64. The number of aromatic nitrogens is 3. The van der Waals surface area contributed by atoms with E-state index in [-0.39, 0.29) is 11.9 Å². The van der Waals surface area contributed by atoms with Gasteiger partial charge in [-0.05, 0) is 68.5 Å². The summed E-state index contributed by atoms with van der Waals surface area (Å²) in [6.07, 6.45) is 2.35. The molecule has 9 heteroatoms. The van der Waals surface area contributed by atoms with Crippen LogP contribution in [0.2, 0.25) is 0 Å². The summed E-state index contributed by atoms with van der Waals surface area (Å²) < 4.78 is 11.9. The molecule has 0 saturated carbocycles. The van der Waals surface area contributed by atoms with E-state index in [0.29, 0.717) is 41.6 Å². The van der Waals surface area contributed by atoms with Crippen LogP contribution in [0.5, 0.6) is 5.75 Å². The van der Waals surface area contributed by atoms with Crippen LogP contribution in [0.3, 0.4) is 0 Å². The largest absolute Gasteiger partial charge is 0.496 e. The summed E-state index contributed by atoms with van der Waals surface area (Å²) >= 11 is 1.61. The number of aryl methyl sites for hydroxylation is 1. The minimum atomic E-state index is -0.875. The van der Waals surface area contributed by atoms with Gasteiger partial charge in [-0.15, -0.1) is 21.5 Å². The Morgan fingerprint density at radius 2 is 1.86 bits per heavy atom. The smallest absolute Gasteiger partial charge is 0.254 e. The lowest BCUT2D eigenvalue weighted by molar-refractivity contribution is 0.0735. The first-order valence-corrected chi connectivity index (χ1v) is 14.9. The highest BCUT2D eigenvalue weighted by Gasteiger charge is 2.33. The van der Waals surface area contributed by atoms with Crippen molar-refractivity contribution in [3.63, 3.8) is 0 Å². The summed E-state index contributed by atoms with van der Waals surface area (Å²) in [5.74, 6) is 1.27. The topological polar surface area (TPSA) is 107 Å². The van der Waals surface area contributed by atoms with Gasteiger partial charge < -0.3 is 19.8 Å². The Balaban J connectivity index is 1.39. The van der Waals surface area contributed by atoms with Crippen molar-refractivity contribution in [1.82, 2.24) is 20.1 Å². The predicted octanol–water partition coefficient (Wildman–Crippen LogP) is 6.57. The van der Waals surface area contributed by atoms with Crippen LogP contribution in [0, 0.1) is 6.92 Å². The first kappa shape index (κ1) is 27.8. The van der Waals surface area contributed by atoms with Gasteiger partial charge in [0, 0.05) is 34.3 Å². The molecule has 1 fully saturated rings. The fraction of sp³-hybridized carbons (Fsp3) is 0.273. The number of nitrogens with two attached hydrogens (primary N) is 1. The number of amides is 1. The fourth-order valence-electron chi connectivity index (χ4n) is 5.54. The number of benzene rings is 3. The van der Waals surface area contributed by atoms with Gasteiger partial charge in [-0.2, -0.15) is 0 Å². The van der Waals surface area contributed by atoms with Crippen LogP contribution in [-0.2, 0) is 12.0 Å². The lowest BCUT2D eigenvalue weighted by Crippen LogP contribution is -2.35. The van der Waals surface area contributed by atoms with E-state index >= 15 is 0 Å². The van der Waals surface area contributed by atoms with Crippen molar-refractivity contribution in [3.05, 3.63) is 106 Å². The third-order valence-electron chi connectivity index (χ3n) is 7.61. The molecule has 0 aliphatic carbocycles. The van der Waals surface area contributed by atoms with Crippen molar-refractivity contribution in [2.75, 3.05) is 13.7 Å². The maximum Gasteiger partial charge on any atom is 0.254 e. The highest BCUT2D eigenvalue weighted by molar-refractivity contribution is 7.09. The number of carbonyl (C=O) groups excluding carboxylic acids is 1. The maximum atomic E-state index is 14.1. The second kappa shape index (κ2) is 11.5. The number of hydrogen-bond acceptors (Lipinski definition) is 8. The Hall–Kier alpha value is -4.34. The van der Waals surface area contributed by atoms with E-state index in [4.69, 9.17) is 19.9 Å². The molecule has 0 bridgehead atoms. The van der Waals surface area contributed by atoms with E-state index in [1.54, 1.807) is 18.4 Å². The highest BCUT2D eigenvalue weighted by atomic mass is 32.1. The number of nitrogens with zero attached hydrogens (tertiary/aromatic N) is 4. The van der Waals surface area contributed by atoms with Crippen LogP contribution in [0.25, 0.3) is 22.6 Å². The Labute approximate surface area is 249 Å². The van der Waals surface area contributed by atoms with Crippen LogP contribution in [0.15, 0.2) is 82.6 Å². The summed E-state index contributed by atoms with van der Waals surface area (Å²) in [4.78, 5) is 20.7. The van der Waals surface area contributed by atoms with E-state index < -0.39 is 5.54 Å². The van der Waals surface area contributed by atoms with Crippen molar-refractivity contribution in [2.24, 2.45) is 5.73 Å². The van der Waals surface area contributed by atoms with Gasteiger partial charge >= 0.3 is 0 Å². The van der Waals surface area contributed by atoms with E-state index in [1.807, 2.05) is 96.9 Å². The molecule has 3 heterocycles. The molecule has 1 aliphatic rings. The third kappa shape index (κ3) is 5.57. The molecular formula is C33H33N5O3S. The Morgan fingerprint density at radius 1 is 1.10 bits per heavy atom. The number of ether oxygens (including phenoxy) is 1. The lowest BCUT2D eigenvalue weighted by atomic mass is 9.94. The normalized spacial score (nSPS) is 16.4. The maximum absolute atomic E-state index is 14.1. The van der Waals surface area contributed by atoms with Crippen LogP contribution < -0.4 is 10.5 Å². The first-order valence-electron chi connectivity index (χ1n) is 14.0. The molecular weight excluding hydrogens is 546 g/mol. The third-order valence-corrected chi connectivity index (χ3v) is 8.67. The molecule has 42 heavy (non-hydrogen) atoms. The number of para-hydroxylation sites is 1. The van der Waals surface area contributed by atoms with Crippen LogP contribution in [-0.4, -0.2) is 39.6 Å². The molecule has 3 aromatic carbocycles. The number of likely N-dealkylation sites (tertiary alicyclic amines) is 1. The number of hydrogen-bond donors (Lipinski definition) is 1. The van der Waals surface area contributed by atoms with Crippen molar-refractivity contribution >= 4 is 17.2 Å². The molecule has 2 aromatic heterocycles. The molecule has 8 nitrogen and oxygen atoms in total. The number of carbonyl (C=O) groups is 1. The van der Waals surface area contributed by atoms with Gasteiger partial charge in [-0.1, -0.05) is 48.5 Å². The molecule has 2 atom stereocenters. The molecule has 0 unspecified atom stereocenters. The van der Waals surface area contributed by atoms with Crippen LogP contribution >= 0.6 is 11.3 Å². The first-order chi connectivity index (χ1) is 20.3. The zero-order valence-corrected chi connectivity index (χ0v) is 24.7. The molecule has 0 radical (unpaired) electrons. The minimum Gasteiger partial charge on any atom is -0.496 e. The second-order valence-corrected chi connectivity index (χ2v) is 11.9. The summed E-state index contributed by atoms with van der Waals surface area (Å²) in [5.41, 5.74) is 10.7. The van der Waals surface area contributed by atoms with E-state index in [1.165, 1.54) is 0 Å². The molecule has 5 aromatic rings. The van der Waals surface area contributed by atoms with Crippen LogP contribution in [0.1, 0.15) is 58.3 Å². The van der Waals surface area contributed by atoms with Gasteiger partial charge in [0.25, 0.3) is 5.91 Å². The van der Waals surface area contributed by atoms with Gasteiger partial charge in [-0.3, -0.25) is 4.79 Å². The Kier molecular flexibility index (Phi) is 7.62. The average molecular weight is 580 g/mol. The predicted molar refractivity (Wildman–Crippen MR) is 163 cm³/mol. The van der Waals surface area contributed by atoms with Crippen molar-refractivity contribution in [3.8, 4) is 28.3 Å². The van der Waals surface area contributed by atoms with Gasteiger partial charge in [0.1, 0.15) is 10.8 Å². The summed E-state index contributed by atoms with van der Waals surface area (Å²) in [6.45, 7) is 4.53. The van der Waals surface area contributed by atoms with E-state index in [0.717, 1.165) is 40.2 Å². The monoisotopic (exact) mass is 579 g/mol. The second-order valence-electron chi connectivity index (χ2n) is 11.0. The Bertz CT molecular complexity index is 1710. The van der Waals surface area contributed by atoms with Crippen molar-refractivity contribution in [1.29, 1.82) is 0 Å². The van der Waals surface area contributed by atoms with Gasteiger partial charge in [-0.25, -0.2) is 4.98 Å². The Morgan fingerprint density at radius 3 is 2.62 bits per heavy atom. The van der Waals surface area contributed by atoms with Gasteiger partial charge in [0.2, 0.25) is 11.8 Å². The molecule has 2 N–H and O–H groups in total. The molecule has 1 amide bonds. The molecule has 6 rings (SSSR count). The van der Waals surface area contributed by atoms with E-state index in [9.17, 15) is 4.79 Å². The van der Waals surface area contributed by atoms with Crippen molar-refractivity contribution in [2.45, 2.75) is 44.7 Å². The fourth-order valence-corrected chi connectivity index (χ4v) is 6.48. The SMILES string of the molecule is COc1ccccc1-c1cc(C(=O)N2CCC[C@@H]2c2nc(C)cs2)cc(-c2nnc([C@](C)(N)Cc3ccccc3)o2)c1. The summed E-state index contributed by atoms with van der Waals surface area (Å²) in [5, 5.41) is 11.7. The van der Waals surface area contributed by atoms with Crippen molar-refractivity contribution < 1.29 is 13.9 Å². The minimum absolute atomic E-state index is 0.0412. The molecule has 0 spiro atoms. The number of rotatable bonds is 8. The molecule has 214 valence electrons. The van der Waals surface area contributed by atoms with Crippen LogP contribution in [0.4, 0.5) is 0 Å². The number of thiazole rings is 1. The van der Waals surface area contributed by atoms with E-state index in [2.05, 4.69) is 10.2 Å². The average Bonchev–Trinajstić information content (AvgIpc) is 3.78. The molecule has 1 aliphatic heterocycles. The highest BCUT2D eigenvalue weighted by Crippen LogP contribution is 2.38. The zero-order valence-electron chi connectivity index (χ0n) is 23.9. The van der Waals surface area contributed by atoms with Gasteiger partial charge in [0.15, 0.2) is 0 Å². The molecule has 1 saturated heterocycles. The van der Waals surface area contributed by atoms with Gasteiger partial charge in [0.05, 0.1) is 18.7 Å². The standard InChI is InChI=1S/C33H33N5O3S/c1-21-20-42-30(35-21)27-13-9-15-38(27)31(39)25-17-23(26-12-7-8-14-28(26)40-3)16-24(18-25)29-36-37-32(41-29)33(2,34)19-22-10-5-4-6-11-22/h4-8,10-12,14,16-18,20,27H,9,13,15,19,34H2,1-3H3/t27-,33-/m1/s1. The number of methoxy groups -OCH3 is 1. The summed E-state index contributed by atoms with van der Waals surface area (Å²) in [6, 6.07) is 23.4. The lowest BCUT2D eigenvalue weighted by Gasteiger charge is -2.24. The quantitative estimate of drug-likeness (QED) is 0.221. The zero-order chi connectivity index (χ0) is 29.3.